The second kappa shape index (κ2) is 2.98. The van der Waals surface area contributed by atoms with Crippen LogP contribution in [0.5, 0.6) is 0 Å². The van der Waals surface area contributed by atoms with E-state index in [0.29, 0.717) is 5.92 Å². The van der Waals surface area contributed by atoms with Crippen molar-refractivity contribution in [2.75, 3.05) is 0 Å². The second-order valence-electron chi connectivity index (χ2n) is 6.17. The van der Waals surface area contributed by atoms with E-state index in [9.17, 15) is 10.4 Å². The number of nitrogens with zero attached hydrogens (tertiary/aromatic N) is 1. The average Bonchev–Trinajstić information content (AvgIpc) is 2.80. The lowest BCUT2D eigenvalue weighted by molar-refractivity contribution is -0.0923. The molecule has 0 saturated heterocycles. The van der Waals surface area contributed by atoms with Crippen LogP contribution in [0.2, 0.25) is 0 Å². The number of aliphatic hydroxyl groups is 1. The van der Waals surface area contributed by atoms with Gasteiger partial charge in [-0.15, -0.1) is 0 Å². The van der Waals surface area contributed by atoms with Crippen LogP contribution < -0.4 is 0 Å². The summed E-state index contributed by atoms with van der Waals surface area (Å²) in [5.41, 5.74) is -1.30. The van der Waals surface area contributed by atoms with E-state index in [1.165, 1.54) is 0 Å². The van der Waals surface area contributed by atoms with E-state index in [2.05, 4.69) is 19.9 Å². The first-order valence-electron chi connectivity index (χ1n) is 6.01. The monoisotopic (exact) mass is 207 g/mol. The Morgan fingerprint density at radius 3 is 2.33 bits per heavy atom. The van der Waals surface area contributed by atoms with Gasteiger partial charge in [-0.1, -0.05) is 13.8 Å². The van der Waals surface area contributed by atoms with E-state index in [4.69, 9.17) is 0 Å². The molecule has 0 amide bonds. The first-order valence-corrected chi connectivity index (χ1v) is 6.01. The molecule has 2 aliphatic carbocycles. The highest BCUT2D eigenvalue weighted by Gasteiger charge is 2.64. The van der Waals surface area contributed by atoms with Gasteiger partial charge in [0.05, 0.1) is 17.1 Å². The maximum absolute atomic E-state index is 10.8. The van der Waals surface area contributed by atoms with Crippen molar-refractivity contribution in [1.29, 1.82) is 5.26 Å². The normalized spacial score (nSPS) is 41.9. The second-order valence-corrected chi connectivity index (χ2v) is 6.17. The minimum atomic E-state index is -0.806. The number of hydrogen-bond donors (Lipinski definition) is 1. The van der Waals surface area contributed by atoms with Crippen molar-refractivity contribution in [1.82, 2.24) is 0 Å². The van der Waals surface area contributed by atoms with Gasteiger partial charge in [0.15, 0.2) is 0 Å². The highest BCUT2D eigenvalue weighted by Crippen LogP contribution is 2.63. The van der Waals surface area contributed by atoms with Crippen LogP contribution in [-0.2, 0) is 0 Å². The van der Waals surface area contributed by atoms with E-state index in [1.807, 2.05) is 6.92 Å². The van der Waals surface area contributed by atoms with Gasteiger partial charge in [0, 0.05) is 0 Å². The lowest BCUT2D eigenvalue weighted by atomic mass is 9.64. The summed E-state index contributed by atoms with van der Waals surface area (Å²) in [7, 11) is 0. The molecule has 0 bridgehead atoms. The van der Waals surface area contributed by atoms with Crippen molar-refractivity contribution in [2.45, 2.75) is 58.5 Å². The lowest BCUT2D eigenvalue weighted by Crippen LogP contribution is -2.49. The summed E-state index contributed by atoms with van der Waals surface area (Å²) < 4.78 is 0. The summed E-state index contributed by atoms with van der Waals surface area (Å²) in [6.45, 7) is 6.20. The highest BCUT2D eigenvalue weighted by molar-refractivity contribution is 5.20. The molecule has 2 saturated carbocycles. The van der Waals surface area contributed by atoms with Crippen molar-refractivity contribution < 1.29 is 5.11 Å². The zero-order valence-electron chi connectivity index (χ0n) is 10.0. The van der Waals surface area contributed by atoms with E-state index in [-0.39, 0.29) is 5.41 Å². The van der Waals surface area contributed by atoms with Crippen molar-refractivity contribution in [2.24, 2.45) is 16.7 Å². The summed E-state index contributed by atoms with van der Waals surface area (Å²) in [6.07, 6.45) is 4.95. The molecule has 1 N–H and O–H groups in total. The minimum absolute atomic E-state index is 0.00715. The maximum Gasteiger partial charge on any atom is 0.0865 e. The standard InChI is InChI=1S/C13H21NO/c1-10-4-5-13(8-10,9-14)12(3,15)11(2)6-7-11/h10,15H,4-8H2,1-3H3. The van der Waals surface area contributed by atoms with Gasteiger partial charge in [0.25, 0.3) is 0 Å². The Morgan fingerprint density at radius 1 is 1.40 bits per heavy atom. The molecule has 84 valence electrons. The van der Waals surface area contributed by atoms with Crippen LogP contribution >= 0.6 is 0 Å². The number of rotatable bonds is 2. The lowest BCUT2D eigenvalue weighted by Gasteiger charge is -2.42. The van der Waals surface area contributed by atoms with E-state index in [0.717, 1.165) is 32.1 Å². The van der Waals surface area contributed by atoms with Crippen LogP contribution in [0.15, 0.2) is 0 Å². The molecule has 0 aromatic heterocycles. The molecule has 0 spiro atoms. The Hall–Kier alpha value is -0.550. The molecule has 0 aliphatic heterocycles. The quantitative estimate of drug-likeness (QED) is 0.756. The molecular formula is C13H21NO. The molecule has 3 atom stereocenters. The van der Waals surface area contributed by atoms with Gasteiger partial charge in [-0.2, -0.15) is 5.26 Å². The third-order valence-electron chi connectivity index (χ3n) is 5.08. The van der Waals surface area contributed by atoms with Gasteiger partial charge in [-0.3, -0.25) is 0 Å². The molecule has 0 aromatic carbocycles. The van der Waals surface area contributed by atoms with Crippen LogP contribution in [0.25, 0.3) is 0 Å². The Balaban J connectivity index is 2.31. The van der Waals surface area contributed by atoms with Crippen molar-refractivity contribution in [3.05, 3.63) is 0 Å². The van der Waals surface area contributed by atoms with Gasteiger partial charge in [-0.05, 0) is 50.4 Å². The fraction of sp³-hybridized carbons (Fsp3) is 0.923. The van der Waals surface area contributed by atoms with Crippen LogP contribution in [0.3, 0.4) is 0 Å². The smallest absolute Gasteiger partial charge is 0.0865 e. The van der Waals surface area contributed by atoms with Crippen molar-refractivity contribution >= 4 is 0 Å². The number of nitriles is 1. The topological polar surface area (TPSA) is 44.0 Å². The molecular weight excluding hydrogens is 186 g/mol. The highest BCUT2D eigenvalue weighted by atomic mass is 16.3. The van der Waals surface area contributed by atoms with Crippen LogP contribution in [0.4, 0.5) is 0 Å². The molecule has 2 aliphatic rings. The summed E-state index contributed by atoms with van der Waals surface area (Å²) in [4.78, 5) is 0. The fourth-order valence-corrected chi connectivity index (χ4v) is 3.20. The summed E-state index contributed by atoms with van der Waals surface area (Å²) in [5, 5.41) is 20.2. The molecule has 15 heavy (non-hydrogen) atoms. The Kier molecular flexibility index (Phi) is 2.18. The van der Waals surface area contributed by atoms with Gasteiger partial charge < -0.3 is 5.11 Å². The summed E-state index contributed by atoms with van der Waals surface area (Å²) in [5.74, 6) is 0.582. The van der Waals surface area contributed by atoms with Crippen LogP contribution in [0.1, 0.15) is 52.9 Å². The van der Waals surface area contributed by atoms with Gasteiger partial charge >= 0.3 is 0 Å². The first-order chi connectivity index (χ1) is 6.87. The number of hydrogen-bond acceptors (Lipinski definition) is 2. The van der Waals surface area contributed by atoms with E-state index >= 15 is 0 Å². The Bertz CT molecular complexity index is 311. The largest absolute Gasteiger partial charge is 0.388 e. The van der Waals surface area contributed by atoms with E-state index in [1.54, 1.807) is 0 Å². The molecule has 3 unspecified atom stereocenters. The molecule has 2 rings (SSSR count). The SMILES string of the molecule is CC1CCC(C#N)(C(C)(O)C2(C)CC2)C1. The van der Waals surface area contributed by atoms with Gasteiger partial charge in [0.2, 0.25) is 0 Å². The fourth-order valence-electron chi connectivity index (χ4n) is 3.20. The van der Waals surface area contributed by atoms with Crippen molar-refractivity contribution in [3.63, 3.8) is 0 Å². The van der Waals surface area contributed by atoms with Crippen LogP contribution in [-0.4, -0.2) is 10.7 Å². The van der Waals surface area contributed by atoms with Gasteiger partial charge in [-0.25, -0.2) is 0 Å². The average molecular weight is 207 g/mol. The van der Waals surface area contributed by atoms with Crippen molar-refractivity contribution in [3.8, 4) is 6.07 Å². The Labute approximate surface area is 92.3 Å². The van der Waals surface area contributed by atoms with E-state index < -0.39 is 11.0 Å². The molecule has 2 nitrogen and oxygen atoms in total. The third kappa shape index (κ3) is 1.33. The minimum Gasteiger partial charge on any atom is -0.388 e. The maximum atomic E-state index is 10.8. The van der Waals surface area contributed by atoms with Gasteiger partial charge in [0.1, 0.15) is 0 Å². The molecule has 2 fully saturated rings. The summed E-state index contributed by atoms with van der Waals surface area (Å²) >= 11 is 0. The zero-order valence-corrected chi connectivity index (χ0v) is 10.0. The molecule has 2 heteroatoms. The predicted octanol–water partition coefficient (Wildman–Crippen LogP) is 2.87. The predicted molar refractivity (Wildman–Crippen MR) is 59.0 cm³/mol. The van der Waals surface area contributed by atoms with Crippen LogP contribution in [0, 0.1) is 28.1 Å². The third-order valence-corrected chi connectivity index (χ3v) is 5.08. The summed E-state index contributed by atoms with van der Waals surface area (Å²) in [6, 6.07) is 2.44. The first kappa shape index (κ1) is 11.0. The molecule has 0 heterocycles. The zero-order chi connectivity index (χ0) is 11.3. The molecule has 0 aromatic rings. The Morgan fingerprint density at radius 2 is 2.00 bits per heavy atom. The molecule has 0 radical (unpaired) electrons.